The number of hydrogen-bond donors (Lipinski definition) is 0. The first-order valence-electron chi connectivity index (χ1n) is 5.88. The normalized spacial score (nSPS) is 24.3. The summed E-state index contributed by atoms with van der Waals surface area (Å²) in [7, 11) is 1.86. The van der Waals surface area contributed by atoms with E-state index < -0.39 is 5.41 Å². The van der Waals surface area contributed by atoms with E-state index in [0.717, 1.165) is 38.5 Å². The summed E-state index contributed by atoms with van der Waals surface area (Å²) in [6.07, 6.45) is 7.03. The molecule has 0 atom stereocenters. The second-order valence-electron chi connectivity index (χ2n) is 4.90. The van der Waals surface area contributed by atoms with Gasteiger partial charge in [0.1, 0.15) is 5.41 Å². The highest BCUT2D eigenvalue weighted by molar-refractivity contribution is 5.86. The minimum absolute atomic E-state index is 0.0761. The highest BCUT2D eigenvalue weighted by Crippen LogP contribution is 2.40. The van der Waals surface area contributed by atoms with Crippen LogP contribution in [0, 0.1) is 16.7 Å². The van der Waals surface area contributed by atoms with Crippen LogP contribution < -0.4 is 0 Å². The summed E-state index contributed by atoms with van der Waals surface area (Å²) in [5.74, 6) is 0.0761. The Morgan fingerprint density at radius 2 is 1.93 bits per heavy atom. The molecule has 0 aromatic rings. The number of nitrogens with zero attached hydrogens (tertiary/aromatic N) is 2. The van der Waals surface area contributed by atoms with Gasteiger partial charge in [-0.05, 0) is 32.1 Å². The first-order valence-corrected chi connectivity index (χ1v) is 5.88. The molecule has 0 unspecified atom stereocenters. The average molecular weight is 206 g/mol. The van der Waals surface area contributed by atoms with Crippen LogP contribution in [0.4, 0.5) is 0 Å². The maximum atomic E-state index is 12.2. The second-order valence-corrected chi connectivity index (χ2v) is 4.90. The van der Waals surface area contributed by atoms with Gasteiger partial charge in [0.05, 0.1) is 6.07 Å². The zero-order valence-electron chi connectivity index (χ0n) is 9.33. The highest BCUT2D eigenvalue weighted by atomic mass is 16.2. The molecule has 2 rings (SSSR count). The Kier molecular flexibility index (Phi) is 2.68. The minimum Gasteiger partial charge on any atom is -0.341 e. The van der Waals surface area contributed by atoms with Crippen LogP contribution in [0.25, 0.3) is 0 Å². The van der Waals surface area contributed by atoms with Crippen molar-refractivity contribution in [2.75, 3.05) is 7.05 Å². The fourth-order valence-corrected chi connectivity index (χ4v) is 2.63. The highest BCUT2D eigenvalue weighted by Gasteiger charge is 2.44. The number of nitriles is 1. The lowest BCUT2D eigenvalue weighted by Gasteiger charge is -2.38. The number of rotatable bonds is 2. The molecule has 2 aliphatic rings. The van der Waals surface area contributed by atoms with Crippen molar-refractivity contribution in [3.05, 3.63) is 0 Å². The fourth-order valence-electron chi connectivity index (χ4n) is 2.63. The van der Waals surface area contributed by atoms with E-state index >= 15 is 0 Å². The molecule has 0 radical (unpaired) electrons. The molecule has 0 aromatic heterocycles. The van der Waals surface area contributed by atoms with Crippen LogP contribution in [0.5, 0.6) is 0 Å². The van der Waals surface area contributed by atoms with Crippen LogP contribution in [0.1, 0.15) is 44.9 Å². The Bertz CT molecular complexity index is 295. The molecule has 0 saturated heterocycles. The van der Waals surface area contributed by atoms with Gasteiger partial charge in [-0.25, -0.2) is 0 Å². The molecule has 82 valence electrons. The standard InChI is InChI=1S/C12H18N2O/c1-14(10-5-4-6-10)11(15)12(9-13)7-2-3-8-12/h10H,2-8H2,1H3. The third kappa shape index (κ3) is 1.62. The summed E-state index contributed by atoms with van der Waals surface area (Å²) in [6.45, 7) is 0. The molecule has 0 aliphatic heterocycles. The molecular formula is C12H18N2O. The molecule has 3 nitrogen and oxygen atoms in total. The van der Waals surface area contributed by atoms with E-state index in [1.165, 1.54) is 6.42 Å². The molecule has 15 heavy (non-hydrogen) atoms. The summed E-state index contributed by atoms with van der Waals surface area (Å²) >= 11 is 0. The van der Waals surface area contributed by atoms with Gasteiger partial charge >= 0.3 is 0 Å². The van der Waals surface area contributed by atoms with Crippen molar-refractivity contribution in [1.82, 2.24) is 4.90 Å². The molecule has 0 bridgehead atoms. The fraction of sp³-hybridized carbons (Fsp3) is 0.833. The van der Waals surface area contributed by atoms with E-state index in [2.05, 4.69) is 6.07 Å². The number of carbonyl (C=O) groups is 1. The van der Waals surface area contributed by atoms with Gasteiger partial charge in [-0.15, -0.1) is 0 Å². The van der Waals surface area contributed by atoms with Crippen LogP contribution in [-0.4, -0.2) is 23.9 Å². The smallest absolute Gasteiger partial charge is 0.243 e. The van der Waals surface area contributed by atoms with Crippen molar-refractivity contribution in [2.45, 2.75) is 51.0 Å². The number of hydrogen-bond acceptors (Lipinski definition) is 2. The first-order chi connectivity index (χ1) is 7.19. The average Bonchev–Trinajstić information content (AvgIpc) is 2.63. The van der Waals surface area contributed by atoms with Gasteiger partial charge in [0.2, 0.25) is 5.91 Å². The zero-order chi connectivity index (χ0) is 10.9. The quantitative estimate of drug-likeness (QED) is 0.694. The first kappa shape index (κ1) is 10.5. The minimum atomic E-state index is -0.676. The monoisotopic (exact) mass is 206 g/mol. The Morgan fingerprint density at radius 1 is 1.33 bits per heavy atom. The maximum Gasteiger partial charge on any atom is 0.243 e. The summed E-state index contributed by atoms with van der Waals surface area (Å²) in [6, 6.07) is 2.68. The van der Waals surface area contributed by atoms with Crippen LogP contribution in [0.15, 0.2) is 0 Å². The third-order valence-corrected chi connectivity index (χ3v) is 4.02. The van der Waals surface area contributed by atoms with Crippen molar-refractivity contribution in [2.24, 2.45) is 5.41 Å². The molecule has 0 heterocycles. The Labute approximate surface area is 91.1 Å². The topological polar surface area (TPSA) is 44.1 Å². The van der Waals surface area contributed by atoms with E-state index in [9.17, 15) is 10.1 Å². The van der Waals surface area contributed by atoms with E-state index in [1.54, 1.807) is 0 Å². The molecule has 0 spiro atoms. The van der Waals surface area contributed by atoms with E-state index in [1.807, 2.05) is 11.9 Å². The van der Waals surface area contributed by atoms with Gasteiger partial charge in [-0.1, -0.05) is 12.8 Å². The van der Waals surface area contributed by atoms with Crippen molar-refractivity contribution in [3.63, 3.8) is 0 Å². The van der Waals surface area contributed by atoms with Gasteiger partial charge in [0.15, 0.2) is 0 Å². The van der Waals surface area contributed by atoms with Gasteiger partial charge < -0.3 is 4.90 Å². The zero-order valence-corrected chi connectivity index (χ0v) is 9.33. The van der Waals surface area contributed by atoms with Crippen molar-refractivity contribution in [1.29, 1.82) is 5.26 Å². The summed E-state index contributed by atoms with van der Waals surface area (Å²) in [4.78, 5) is 14.1. The van der Waals surface area contributed by atoms with Crippen LogP contribution in [0.2, 0.25) is 0 Å². The van der Waals surface area contributed by atoms with Crippen LogP contribution in [-0.2, 0) is 4.79 Å². The van der Waals surface area contributed by atoms with E-state index in [4.69, 9.17) is 0 Å². The lowest BCUT2D eigenvalue weighted by Crippen LogP contribution is -2.47. The molecule has 3 heteroatoms. The van der Waals surface area contributed by atoms with E-state index in [-0.39, 0.29) is 5.91 Å². The summed E-state index contributed by atoms with van der Waals surface area (Å²) in [5.41, 5.74) is -0.676. The lowest BCUT2D eigenvalue weighted by molar-refractivity contribution is -0.141. The van der Waals surface area contributed by atoms with Gasteiger partial charge in [-0.3, -0.25) is 4.79 Å². The number of amides is 1. The van der Waals surface area contributed by atoms with Gasteiger partial charge in [0, 0.05) is 13.1 Å². The molecular weight excluding hydrogens is 188 g/mol. The molecule has 0 N–H and O–H groups in total. The summed E-state index contributed by atoms with van der Waals surface area (Å²) < 4.78 is 0. The van der Waals surface area contributed by atoms with Crippen LogP contribution in [0.3, 0.4) is 0 Å². The Morgan fingerprint density at radius 3 is 2.33 bits per heavy atom. The molecule has 2 fully saturated rings. The van der Waals surface area contributed by atoms with Crippen molar-refractivity contribution in [3.8, 4) is 6.07 Å². The Balaban J connectivity index is 2.08. The van der Waals surface area contributed by atoms with Crippen molar-refractivity contribution < 1.29 is 4.79 Å². The molecule has 1 amide bonds. The third-order valence-electron chi connectivity index (χ3n) is 4.02. The SMILES string of the molecule is CN(C(=O)C1(C#N)CCCC1)C1CCC1. The number of carbonyl (C=O) groups excluding carboxylic acids is 1. The second kappa shape index (κ2) is 3.84. The Hall–Kier alpha value is -1.04. The lowest BCUT2D eigenvalue weighted by atomic mass is 9.84. The molecule has 2 saturated carbocycles. The van der Waals surface area contributed by atoms with Crippen molar-refractivity contribution >= 4 is 5.91 Å². The summed E-state index contributed by atoms with van der Waals surface area (Å²) in [5, 5.41) is 9.21. The predicted molar refractivity (Wildman–Crippen MR) is 56.9 cm³/mol. The molecule has 0 aromatic carbocycles. The maximum absolute atomic E-state index is 12.2. The van der Waals surface area contributed by atoms with E-state index in [0.29, 0.717) is 6.04 Å². The van der Waals surface area contributed by atoms with Crippen LogP contribution >= 0.6 is 0 Å². The largest absolute Gasteiger partial charge is 0.341 e. The molecule has 2 aliphatic carbocycles. The van der Waals surface area contributed by atoms with Gasteiger partial charge in [0.25, 0.3) is 0 Å². The predicted octanol–water partition coefficient (Wildman–Crippen LogP) is 2.08. The van der Waals surface area contributed by atoms with Gasteiger partial charge in [-0.2, -0.15) is 5.26 Å².